The van der Waals surface area contributed by atoms with E-state index in [1.807, 2.05) is 6.07 Å². The number of aromatic nitrogens is 1. The maximum absolute atomic E-state index is 12.8. The highest BCUT2D eigenvalue weighted by atomic mass is 16.5. The summed E-state index contributed by atoms with van der Waals surface area (Å²) in [6, 6.07) is 9.72. The van der Waals surface area contributed by atoms with Crippen molar-refractivity contribution in [3.05, 3.63) is 69.1 Å². The predicted octanol–water partition coefficient (Wildman–Crippen LogP) is 3.15. The van der Waals surface area contributed by atoms with Crippen LogP contribution in [0.15, 0.2) is 41.3 Å². The van der Waals surface area contributed by atoms with Gasteiger partial charge in [0.15, 0.2) is 5.75 Å². The summed E-state index contributed by atoms with van der Waals surface area (Å²) < 4.78 is 7.21. The number of hydrogen-bond acceptors (Lipinski definition) is 4. The lowest BCUT2D eigenvalue weighted by Crippen LogP contribution is -2.23. The number of benzene rings is 1. The van der Waals surface area contributed by atoms with Crippen LogP contribution in [-0.2, 0) is 13.1 Å². The van der Waals surface area contributed by atoms with Crippen molar-refractivity contribution in [1.82, 2.24) is 9.72 Å². The van der Waals surface area contributed by atoms with Crippen molar-refractivity contribution in [3.63, 3.8) is 0 Å². The number of carboxylic acid groups (broad SMARTS) is 1. The first-order valence-corrected chi connectivity index (χ1v) is 9.41. The van der Waals surface area contributed by atoms with Crippen molar-refractivity contribution in [2.24, 2.45) is 0 Å². The minimum absolute atomic E-state index is 0.196. The van der Waals surface area contributed by atoms with Gasteiger partial charge in [0.05, 0.1) is 12.6 Å². The molecule has 0 radical (unpaired) electrons. The van der Waals surface area contributed by atoms with Gasteiger partial charge < -0.3 is 15.2 Å². The number of ether oxygens (including phenoxy) is 1. The van der Waals surface area contributed by atoms with Gasteiger partial charge in [-0.3, -0.25) is 9.20 Å². The lowest BCUT2D eigenvalue weighted by molar-refractivity contribution is 0.0694. The van der Waals surface area contributed by atoms with E-state index in [1.54, 1.807) is 13.3 Å². The maximum atomic E-state index is 12.8. The Morgan fingerprint density at radius 2 is 1.96 bits per heavy atom. The van der Waals surface area contributed by atoms with Gasteiger partial charge in [0.25, 0.3) is 5.56 Å². The first-order valence-electron chi connectivity index (χ1n) is 9.41. The molecule has 2 aliphatic rings. The normalized spacial score (nSPS) is 15.6. The predicted molar refractivity (Wildman–Crippen MR) is 105 cm³/mol. The van der Waals surface area contributed by atoms with Crippen molar-refractivity contribution in [2.45, 2.75) is 31.8 Å². The second-order valence-corrected chi connectivity index (χ2v) is 7.47. The van der Waals surface area contributed by atoms with Crippen molar-refractivity contribution >= 4 is 11.5 Å². The molecule has 0 amide bonds. The van der Waals surface area contributed by atoms with E-state index in [4.69, 9.17) is 4.74 Å². The maximum Gasteiger partial charge on any atom is 0.341 e. The SMILES string of the molecule is COc1c(-c2ccc3c(c2)CNC3)ccn2c(=O)c(C(=O)O)cc(C3CC3)c12. The molecule has 1 aliphatic heterocycles. The molecule has 1 fully saturated rings. The molecular weight excluding hydrogens is 356 g/mol. The zero-order valence-corrected chi connectivity index (χ0v) is 15.5. The first kappa shape index (κ1) is 17.0. The quantitative estimate of drug-likeness (QED) is 0.731. The van der Waals surface area contributed by atoms with Crippen LogP contribution in [0.3, 0.4) is 0 Å². The monoisotopic (exact) mass is 376 g/mol. The number of fused-ring (bicyclic) bond motifs is 2. The number of carbonyl (C=O) groups is 1. The Kier molecular flexibility index (Phi) is 3.77. The summed E-state index contributed by atoms with van der Waals surface area (Å²) >= 11 is 0. The van der Waals surface area contributed by atoms with Gasteiger partial charge in [0.1, 0.15) is 5.56 Å². The Hall–Kier alpha value is -3.12. The third-order valence-corrected chi connectivity index (χ3v) is 5.71. The van der Waals surface area contributed by atoms with Crippen molar-refractivity contribution < 1.29 is 14.6 Å². The second kappa shape index (κ2) is 6.21. The zero-order chi connectivity index (χ0) is 19.4. The van der Waals surface area contributed by atoms with Crippen molar-refractivity contribution in [2.75, 3.05) is 7.11 Å². The van der Waals surface area contributed by atoms with E-state index in [1.165, 1.54) is 21.6 Å². The molecule has 2 N–H and O–H groups in total. The minimum atomic E-state index is -1.20. The molecule has 142 valence electrons. The lowest BCUT2D eigenvalue weighted by Gasteiger charge is -2.17. The number of pyridine rings is 2. The molecule has 2 aromatic heterocycles. The van der Waals surface area contributed by atoms with E-state index < -0.39 is 11.5 Å². The number of carboxylic acids is 1. The minimum Gasteiger partial charge on any atom is -0.494 e. The highest BCUT2D eigenvalue weighted by Crippen LogP contribution is 2.45. The standard InChI is InChI=1S/C22H20N2O4/c1-28-20-16(13-4-5-14-10-23-11-15(14)8-13)6-7-24-19(20)17(12-2-3-12)9-18(21(24)25)22(26)27/h4-9,12,23H,2-3,10-11H2,1H3,(H,26,27). The molecule has 0 atom stereocenters. The van der Waals surface area contributed by atoms with E-state index in [9.17, 15) is 14.7 Å². The van der Waals surface area contributed by atoms with Gasteiger partial charge >= 0.3 is 5.97 Å². The number of nitrogens with zero attached hydrogens (tertiary/aromatic N) is 1. The van der Waals surface area contributed by atoms with Crippen LogP contribution < -0.4 is 15.6 Å². The van der Waals surface area contributed by atoms with Gasteiger partial charge in [-0.2, -0.15) is 0 Å². The smallest absolute Gasteiger partial charge is 0.341 e. The largest absolute Gasteiger partial charge is 0.494 e. The average molecular weight is 376 g/mol. The molecule has 5 rings (SSSR count). The van der Waals surface area contributed by atoms with Crippen LogP contribution in [0.25, 0.3) is 16.6 Å². The Labute approximate surface area is 161 Å². The molecule has 1 saturated carbocycles. The molecule has 0 saturated heterocycles. The van der Waals surface area contributed by atoms with Crippen LogP contribution in [0.2, 0.25) is 0 Å². The van der Waals surface area contributed by atoms with Crippen LogP contribution >= 0.6 is 0 Å². The topological polar surface area (TPSA) is 80.0 Å². The summed E-state index contributed by atoms with van der Waals surface area (Å²) in [6.07, 6.45) is 3.65. The van der Waals surface area contributed by atoms with Crippen LogP contribution in [0.4, 0.5) is 0 Å². The molecular formula is C22H20N2O4. The number of aromatic carboxylic acids is 1. The number of hydrogen-bond donors (Lipinski definition) is 2. The van der Waals surface area contributed by atoms with Gasteiger partial charge in [-0.05, 0) is 59.2 Å². The lowest BCUT2D eigenvalue weighted by atomic mass is 9.98. The molecule has 6 nitrogen and oxygen atoms in total. The molecule has 3 heterocycles. The van der Waals surface area contributed by atoms with Crippen LogP contribution in [-0.4, -0.2) is 22.6 Å². The third-order valence-electron chi connectivity index (χ3n) is 5.71. The fourth-order valence-electron chi connectivity index (χ4n) is 4.15. The van der Waals surface area contributed by atoms with Crippen LogP contribution in [0.1, 0.15) is 45.8 Å². The summed E-state index contributed by atoms with van der Waals surface area (Å²) in [5, 5.41) is 12.8. The molecule has 3 aromatic rings. The Morgan fingerprint density at radius 1 is 1.18 bits per heavy atom. The highest BCUT2D eigenvalue weighted by molar-refractivity contribution is 5.90. The van der Waals surface area contributed by atoms with Crippen molar-refractivity contribution in [3.8, 4) is 16.9 Å². The van der Waals surface area contributed by atoms with Gasteiger partial charge in [-0.1, -0.05) is 12.1 Å². The van der Waals surface area contributed by atoms with Gasteiger partial charge in [0, 0.05) is 24.8 Å². The molecule has 1 aliphatic carbocycles. The molecule has 0 spiro atoms. The number of nitrogens with one attached hydrogen (secondary N) is 1. The third kappa shape index (κ3) is 2.52. The molecule has 28 heavy (non-hydrogen) atoms. The van der Waals surface area contributed by atoms with E-state index in [-0.39, 0.29) is 11.5 Å². The molecule has 1 aromatic carbocycles. The zero-order valence-electron chi connectivity index (χ0n) is 15.5. The Bertz CT molecular complexity index is 1190. The average Bonchev–Trinajstić information content (AvgIpc) is 3.43. The highest BCUT2D eigenvalue weighted by Gasteiger charge is 2.30. The van der Waals surface area contributed by atoms with Crippen molar-refractivity contribution in [1.29, 1.82) is 0 Å². The van der Waals surface area contributed by atoms with E-state index in [2.05, 4.69) is 23.5 Å². The summed E-state index contributed by atoms with van der Waals surface area (Å²) in [6.45, 7) is 1.72. The summed E-state index contributed by atoms with van der Waals surface area (Å²) in [5.41, 5.74) is 5.31. The summed E-state index contributed by atoms with van der Waals surface area (Å²) in [4.78, 5) is 24.3. The van der Waals surface area contributed by atoms with Crippen LogP contribution in [0.5, 0.6) is 5.75 Å². The fourth-order valence-corrected chi connectivity index (χ4v) is 4.15. The molecule has 0 unspecified atom stereocenters. The van der Waals surface area contributed by atoms with E-state index in [0.29, 0.717) is 11.3 Å². The fraction of sp³-hybridized carbons (Fsp3) is 0.273. The Balaban J connectivity index is 1.81. The Morgan fingerprint density at radius 3 is 2.68 bits per heavy atom. The number of methoxy groups -OCH3 is 1. The number of rotatable bonds is 4. The van der Waals surface area contributed by atoms with E-state index >= 15 is 0 Å². The summed E-state index contributed by atoms with van der Waals surface area (Å²) in [5.74, 6) is -0.318. The van der Waals surface area contributed by atoms with Gasteiger partial charge in [0.2, 0.25) is 0 Å². The first-order chi connectivity index (χ1) is 13.6. The van der Waals surface area contributed by atoms with Gasteiger partial charge in [-0.15, -0.1) is 0 Å². The second-order valence-electron chi connectivity index (χ2n) is 7.47. The molecule has 0 bridgehead atoms. The molecule has 6 heteroatoms. The van der Waals surface area contributed by atoms with Crippen LogP contribution in [0, 0.1) is 0 Å². The van der Waals surface area contributed by atoms with Gasteiger partial charge in [-0.25, -0.2) is 4.79 Å². The summed E-state index contributed by atoms with van der Waals surface area (Å²) in [7, 11) is 1.60. The van der Waals surface area contributed by atoms with E-state index in [0.717, 1.165) is 42.6 Å².